The summed E-state index contributed by atoms with van der Waals surface area (Å²) in [6, 6.07) is 6.21. The number of hydrogen-bond donors (Lipinski definition) is 2. The number of aryl methyl sites for hydroxylation is 2. The monoisotopic (exact) mass is 300 g/mol. The zero-order valence-electron chi connectivity index (χ0n) is 10.5. The van der Waals surface area contributed by atoms with Crippen LogP contribution in [0.25, 0.3) is 0 Å². The van der Waals surface area contributed by atoms with Crippen LogP contribution < -0.4 is 0 Å². The number of rotatable bonds is 6. The van der Waals surface area contributed by atoms with Gasteiger partial charge in [0.15, 0.2) is 0 Å². The lowest BCUT2D eigenvalue weighted by Gasteiger charge is -2.17. The van der Waals surface area contributed by atoms with Gasteiger partial charge in [-0.25, -0.2) is 0 Å². The van der Waals surface area contributed by atoms with Crippen molar-refractivity contribution in [3.05, 3.63) is 33.8 Å². The highest BCUT2D eigenvalue weighted by molar-refractivity contribution is 9.10. The third kappa shape index (κ3) is 4.78. The summed E-state index contributed by atoms with van der Waals surface area (Å²) >= 11 is 3.49. The van der Waals surface area contributed by atoms with Gasteiger partial charge >= 0.3 is 0 Å². The molecule has 0 bridgehead atoms. The average molecular weight is 301 g/mol. The molecule has 0 aliphatic carbocycles. The van der Waals surface area contributed by atoms with Crippen LogP contribution in [0.3, 0.4) is 0 Å². The molecule has 0 fully saturated rings. The molecule has 17 heavy (non-hydrogen) atoms. The fourth-order valence-electron chi connectivity index (χ4n) is 1.79. The van der Waals surface area contributed by atoms with Gasteiger partial charge in [-0.05, 0) is 43.4 Å². The van der Waals surface area contributed by atoms with E-state index in [4.69, 9.17) is 0 Å². The summed E-state index contributed by atoms with van der Waals surface area (Å²) in [4.78, 5) is 0. The highest BCUT2D eigenvalue weighted by atomic mass is 79.9. The highest BCUT2D eigenvalue weighted by Crippen LogP contribution is 2.19. The van der Waals surface area contributed by atoms with Crippen molar-refractivity contribution >= 4 is 15.9 Å². The fourth-order valence-corrected chi connectivity index (χ4v) is 2.21. The summed E-state index contributed by atoms with van der Waals surface area (Å²) in [5.41, 5.74) is 2.39. The first kappa shape index (κ1) is 14.7. The second-order valence-electron chi connectivity index (χ2n) is 4.55. The molecule has 0 saturated carbocycles. The molecule has 2 atom stereocenters. The maximum atomic E-state index is 9.77. The predicted molar refractivity (Wildman–Crippen MR) is 74.1 cm³/mol. The van der Waals surface area contributed by atoms with E-state index in [-0.39, 0.29) is 0 Å². The van der Waals surface area contributed by atoms with Crippen LogP contribution in [0.4, 0.5) is 0 Å². The maximum Gasteiger partial charge on any atom is 0.0802 e. The van der Waals surface area contributed by atoms with E-state index in [2.05, 4.69) is 34.1 Å². The molecule has 0 spiro atoms. The molecule has 0 aliphatic heterocycles. The summed E-state index contributed by atoms with van der Waals surface area (Å²) in [5, 5.41) is 19.4. The zero-order chi connectivity index (χ0) is 12.8. The van der Waals surface area contributed by atoms with E-state index in [1.165, 1.54) is 11.1 Å². The third-order valence-electron chi connectivity index (χ3n) is 2.99. The number of benzene rings is 1. The molecule has 0 aliphatic rings. The molecule has 0 aromatic heterocycles. The molecular weight excluding hydrogens is 280 g/mol. The van der Waals surface area contributed by atoms with E-state index >= 15 is 0 Å². The molecule has 0 amide bonds. The molecule has 1 aromatic carbocycles. The van der Waals surface area contributed by atoms with Crippen LogP contribution in [-0.4, -0.2) is 22.4 Å². The minimum Gasteiger partial charge on any atom is -0.390 e. The number of aliphatic hydroxyl groups excluding tert-OH is 2. The quantitative estimate of drug-likeness (QED) is 0.847. The molecule has 3 heteroatoms. The van der Waals surface area contributed by atoms with Crippen molar-refractivity contribution < 1.29 is 10.2 Å². The van der Waals surface area contributed by atoms with E-state index in [1.54, 1.807) is 0 Å². The largest absolute Gasteiger partial charge is 0.390 e. The normalized spacial score (nSPS) is 14.6. The number of halogens is 1. The van der Waals surface area contributed by atoms with Crippen LogP contribution in [0.1, 0.15) is 37.3 Å². The lowest BCUT2D eigenvalue weighted by molar-refractivity contribution is 0.00980. The second kappa shape index (κ2) is 7.14. The van der Waals surface area contributed by atoms with Gasteiger partial charge < -0.3 is 10.2 Å². The van der Waals surface area contributed by atoms with Crippen molar-refractivity contribution in [2.75, 3.05) is 0 Å². The van der Waals surface area contributed by atoms with Crippen LogP contribution in [0.5, 0.6) is 0 Å². The average Bonchev–Trinajstić information content (AvgIpc) is 2.30. The Morgan fingerprint density at radius 1 is 1.18 bits per heavy atom. The van der Waals surface area contributed by atoms with E-state index in [0.717, 1.165) is 17.3 Å². The van der Waals surface area contributed by atoms with Gasteiger partial charge in [-0.1, -0.05) is 41.4 Å². The van der Waals surface area contributed by atoms with Crippen molar-refractivity contribution in [3.63, 3.8) is 0 Å². The molecule has 2 nitrogen and oxygen atoms in total. The van der Waals surface area contributed by atoms with Crippen LogP contribution >= 0.6 is 15.9 Å². The topological polar surface area (TPSA) is 40.5 Å². The Labute approximate surface area is 112 Å². The first-order valence-electron chi connectivity index (χ1n) is 6.15. The number of hydrogen-bond acceptors (Lipinski definition) is 2. The predicted octanol–water partition coefficient (Wildman–Crippen LogP) is 3.21. The third-order valence-corrected chi connectivity index (χ3v) is 3.85. The van der Waals surface area contributed by atoms with Crippen molar-refractivity contribution in [3.8, 4) is 0 Å². The van der Waals surface area contributed by atoms with Gasteiger partial charge in [-0.3, -0.25) is 0 Å². The van der Waals surface area contributed by atoms with Crippen molar-refractivity contribution in [2.24, 2.45) is 0 Å². The van der Waals surface area contributed by atoms with Gasteiger partial charge in [0.1, 0.15) is 0 Å². The molecular formula is C14H21BrO2. The standard InChI is InChI=1S/C14H21BrO2/c1-3-4-13(16)14(17)8-7-11-6-5-10(2)12(15)9-11/h5-6,9,13-14,16-17H,3-4,7-8H2,1-2H3. The molecule has 0 radical (unpaired) electrons. The Balaban J connectivity index is 2.47. The molecule has 1 aromatic rings. The summed E-state index contributed by atoms with van der Waals surface area (Å²) in [5.74, 6) is 0. The lowest BCUT2D eigenvalue weighted by atomic mass is 10.0. The summed E-state index contributed by atoms with van der Waals surface area (Å²) in [6.45, 7) is 4.06. The molecule has 0 saturated heterocycles. The zero-order valence-corrected chi connectivity index (χ0v) is 12.1. The highest BCUT2D eigenvalue weighted by Gasteiger charge is 2.14. The molecule has 1 rings (SSSR count). The molecule has 2 unspecified atom stereocenters. The van der Waals surface area contributed by atoms with E-state index in [9.17, 15) is 10.2 Å². The lowest BCUT2D eigenvalue weighted by Crippen LogP contribution is -2.26. The van der Waals surface area contributed by atoms with E-state index in [0.29, 0.717) is 12.8 Å². The van der Waals surface area contributed by atoms with Gasteiger partial charge in [0, 0.05) is 4.47 Å². The Kier molecular flexibility index (Phi) is 6.17. The Morgan fingerprint density at radius 2 is 1.82 bits per heavy atom. The van der Waals surface area contributed by atoms with Gasteiger partial charge in [-0.2, -0.15) is 0 Å². The Morgan fingerprint density at radius 3 is 2.41 bits per heavy atom. The van der Waals surface area contributed by atoms with Crippen LogP contribution in [-0.2, 0) is 6.42 Å². The van der Waals surface area contributed by atoms with Gasteiger partial charge in [0.25, 0.3) is 0 Å². The molecule has 0 heterocycles. The van der Waals surface area contributed by atoms with Gasteiger partial charge in [0.2, 0.25) is 0 Å². The Hall–Kier alpha value is -0.380. The molecule has 96 valence electrons. The van der Waals surface area contributed by atoms with Gasteiger partial charge in [0.05, 0.1) is 12.2 Å². The van der Waals surface area contributed by atoms with E-state index < -0.39 is 12.2 Å². The minimum atomic E-state index is -0.616. The van der Waals surface area contributed by atoms with Crippen LogP contribution in [0.2, 0.25) is 0 Å². The SMILES string of the molecule is CCCC(O)C(O)CCc1ccc(C)c(Br)c1. The fraction of sp³-hybridized carbons (Fsp3) is 0.571. The first-order valence-corrected chi connectivity index (χ1v) is 6.95. The number of aliphatic hydroxyl groups is 2. The maximum absolute atomic E-state index is 9.77. The van der Waals surface area contributed by atoms with Crippen molar-refractivity contribution in [1.82, 2.24) is 0 Å². The van der Waals surface area contributed by atoms with E-state index in [1.807, 2.05) is 13.8 Å². The van der Waals surface area contributed by atoms with Crippen molar-refractivity contribution in [2.45, 2.75) is 51.7 Å². The second-order valence-corrected chi connectivity index (χ2v) is 5.40. The smallest absolute Gasteiger partial charge is 0.0802 e. The minimum absolute atomic E-state index is 0.589. The summed E-state index contributed by atoms with van der Waals surface area (Å²) in [6.07, 6.45) is 1.76. The summed E-state index contributed by atoms with van der Waals surface area (Å²) in [7, 11) is 0. The van der Waals surface area contributed by atoms with Crippen LogP contribution in [0.15, 0.2) is 22.7 Å². The first-order chi connectivity index (χ1) is 8.04. The summed E-state index contributed by atoms with van der Waals surface area (Å²) < 4.78 is 1.10. The molecule has 2 N–H and O–H groups in total. The van der Waals surface area contributed by atoms with Crippen LogP contribution in [0, 0.1) is 6.92 Å². The Bertz CT molecular complexity index is 352. The van der Waals surface area contributed by atoms with Gasteiger partial charge in [-0.15, -0.1) is 0 Å². The van der Waals surface area contributed by atoms with Crippen molar-refractivity contribution in [1.29, 1.82) is 0 Å².